The summed E-state index contributed by atoms with van der Waals surface area (Å²) in [5, 5.41) is 7.82. The van der Waals surface area contributed by atoms with E-state index in [9.17, 15) is 13.2 Å². The summed E-state index contributed by atoms with van der Waals surface area (Å²) in [6, 6.07) is 5.58. The molecule has 0 aromatic heterocycles. The van der Waals surface area contributed by atoms with Gasteiger partial charge in [-0.2, -0.15) is 0 Å². The van der Waals surface area contributed by atoms with Gasteiger partial charge in [-0.1, -0.05) is 0 Å². The van der Waals surface area contributed by atoms with Gasteiger partial charge in [0.1, 0.15) is 0 Å². The lowest BCUT2D eigenvalue weighted by molar-refractivity contribution is 0.0952. The number of nitrogens with one attached hydrogen (secondary N) is 1. The van der Waals surface area contributed by atoms with Crippen molar-refractivity contribution in [1.29, 1.82) is 0 Å². The lowest BCUT2D eigenvalue weighted by atomic mass is 10.0. The van der Waals surface area contributed by atoms with Crippen molar-refractivity contribution in [2.45, 2.75) is 24.2 Å². The fourth-order valence-corrected chi connectivity index (χ4v) is 2.82. The molecule has 1 aliphatic rings. The van der Waals surface area contributed by atoms with Crippen LogP contribution in [-0.4, -0.2) is 34.1 Å². The first kappa shape index (κ1) is 15.9. The average molecular weight is 312 g/mol. The van der Waals surface area contributed by atoms with Crippen LogP contribution in [0.2, 0.25) is 0 Å². The molecule has 1 aromatic carbocycles. The molecule has 2 rings (SSSR count). The van der Waals surface area contributed by atoms with Gasteiger partial charge in [0.2, 0.25) is 10.0 Å². The smallest absolute Gasteiger partial charge is 0.251 e. The van der Waals surface area contributed by atoms with E-state index in [-0.39, 0.29) is 10.8 Å². The third-order valence-electron chi connectivity index (χ3n) is 3.54. The largest absolute Gasteiger partial charge is 0.381 e. The van der Waals surface area contributed by atoms with Crippen molar-refractivity contribution >= 4 is 15.9 Å². The predicted octanol–water partition coefficient (Wildman–Crippen LogP) is 0.880. The summed E-state index contributed by atoms with van der Waals surface area (Å²) < 4.78 is 27.5. The van der Waals surface area contributed by atoms with Crippen LogP contribution in [0.3, 0.4) is 0 Å². The zero-order valence-electron chi connectivity index (χ0n) is 11.7. The Labute approximate surface area is 124 Å². The molecule has 0 spiro atoms. The minimum absolute atomic E-state index is 0.000262. The Bertz CT molecular complexity index is 577. The van der Waals surface area contributed by atoms with Crippen LogP contribution in [0.25, 0.3) is 0 Å². The summed E-state index contributed by atoms with van der Waals surface area (Å²) >= 11 is 0. The molecule has 1 atom stereocenters. The van der Waals surface area contributed by atoms with Gasteiger partial charge < -0.3 is 10.1 Å². The van der Waals surface area contributed by atoms with Crippen LogP contribution in [0.15, 0.2) is 29.2 Å². The molecule has 1 aromatic rings. The molecule has 0 aliphatic carbocycles. The Morgan fingerprint density at radius 1 is 1.33 bits per heavy atom. The zero-order chi connectivity index (χ0) is 15.3. The molecule has 7 heteroatoms. The van der Waals surface area contributed by atoms with Crippen molar-refractivity contribution in [3.63, 3.8) is 0 Å². The van der Waals surface area contributed by atoms with Gasteiger partial charge in [0.25, 0.3) is 5.91 Å². The van der Waals surface area contributed by atoms with Crippen molar-refractivity contribution in [2.24, 2.45) is 11.1 Å². The highest BCUT2D eigenvalue weighted by Crippen LogP contribution is 2.17. The van der Waals surface area contributed by atoms with Gasteiger partial charge in [0, 0.05) is 25.3 Å². The first-order valence-electron chi connectivity index (χ1n) is 6.95. The summed E-state index contributed by atoms with van der Waals surface area (Å²) in [5.41, 5.74) is 0.423. The molecular weight excluding hydrogens is 292 g/mol. The van der Waals surface area contributed by atoms with Gasteiger partial charge in [0.05, 0.1) is 4.90 Å². The molecule has 0 bridgehead atoms. The minimum atomic E-state index is -3.72. The Morgan fingerprint density at radius 2 is 2.05 bits per heavy atom. The maximum Gasteiger partial charge on any atom is 0.251 e. The van der Waals surface area contributed by atoms with E-state index >= 15 is 0 Å². The third kappa shape index (κ3) is 4.80. The van der Waals surface area contributed by atoms with Crippen LogP contribution in [0.4, 0.5) is 0 Å². The molecule has 0 saturated carbocycles. The third-order valence-corrected chi connectivity index (χ3v) is 4.47. The van der Waals surface area contributed by atoms with Crippen LogP contribution >= 0.6 is 0 Å². The predicted molar refractivity (Wildman–Crippen MR) is 78.3 cm³/mol. The van der Waals surface area contributed by atoms with Crippen LogP contribution in [-0.2, 0) is 14.8 Å². The van der Waals surface area contributed by atoms with E-state index in [2.05, 4.69) is 5.32 Å². The summed E-state index contributed by atoms with van der Waals surface area (Å²) in [4.78, 5) is 11.9. The van der Waals surface area contributed by atoms with E-state index in [1.165, 1.54) is 24.3 Å². The normalized spacial score (nSPS) is 18.6. The Morgan fingerprint density at radius 3 is 2.62 bits per heavy atom. The molecule has 1 fully saturated rings. The van der Waals surface area contributed by atoms with Crippen LogP contribution in [0.5, 0.6) is 0 Å². The number of rotatable bonds is 6. The van der Waals surface area contributed by atoms with E-state index in [0.29, 0.717) is 18.0 Å². The minimum Gasteiger partial charge on any atom is -0.381 e. The van der Waals surface area contributed by atoms with Crippen molar-refractivity contribution < 1.29 is 17.9 Å². The molecule has 21 heavy (non-hydrogen) atoms. The second kappa shape index (κ2) is 7.02. The van der Waals surface area contributed by atoms with Gasteiger partial charge in [0.15, 0.2) is 0 Å². The number of carbonyl (C=O) groups excluding carboxylic acids is 1. The number of nitrogens with two attached hydrogens (primary N) is 1. The van der Waals surface area contributed by atoms with Crippen LogP contribution in [0, 0.1) is 5.92 Å². The number of benzene rings is 1. The second-order valence-electron chi connectivity index (χ2n) is 5.20. The van der Waals surface area contributed by atoms with Gasteiger partial charge in [-0.15, -0.1) is 0 Å². The topological polar surface area (TPSA) is 98.5 Å². The van der Waals surface area contributed by atoms with Crippen molar-refractivity contribution in [2.75, 3.05) is 19.8 Å². The highest BCUT2D eigenvalue weighted by atomic mass is 32.2. The van der Waals surface area contributed by atoms with Crippen LogP contribution < -0.4 is 10.5 Å². The van der Waals surface area contributed by atoms with Crippen molar-refractivity contribution in [3.8, 4) is 0 Å². The van der Waals surface area contributed by atoms with Gasteiger partial charge in [-0.25, -0.2) is 13.6 Å². The number of carbonyl (C=O) groups is 1. The number of sulfonamides is 1. The number of hydrogen-bond acceptors (Lipinski definition) is 4. The first-order chi connectivity index (χ1) is 9.97. The standard InChI is InChI=1S/C14H20N2O4S/c15-21(18,19)13-5-3-12(4-6-13)14(17)16-8-1-2-11-7-9-20-10-11/h3-6,11H,1-2,7-10H2,(H,16,17)(H2,15,18,19). The lowest BCUT2D eigenvalue weighted by Gasteiger charge is -2.08. The van der Waals surface area contributed by atoms with Crippen molar-refractivity contribution in [1.82, 2.24) is 5.32 Å². The van der Waals surface area contributed by atoms with E-state index in [1.807, 2.05) is 0 Å². The fraction of sp³-hybridized carbons (Fsp3) is 0.500. The molecule has 116 valence electrons. The van der Waals surface area contributed by atoms with Gasteiger partial charge in [-0.3, -0.25) is 4.79 Å². The van der Waals surface area contributed by atoms with Crippen LogP contribution in [0.1, 0.15) is 29.6 Å². The summed E-state index contributed by atoms with van der Waals surface area (Å²) in [6.45, 7) is 2.27. The molecule has 1 unspecified atom stereocenters. The highest BCUT2D eigenvalue weighted by molar-refractivity contribution is 7.89. The molecule has 1 aliphatic heterocycles. The Kier molecular flexibility index (Phi) is 5.33. The maximum absolute atomic E-state index is 11.9. The first-order valence-corrected chi connectivity index (χ1v) is 8.50. The average Bonchev–Trinajstić information content (AvgIpc) is 2.96. The molecule has 6 nitrogen and oxygen atoms in total. The molecule has 1 amide bonds. The number of primary sulfonamides is 1. The number of amides is 1. The Balaban J connectivity index is 1.77. The molecule has 1 saturated heterocycles. The molecule has 1 heterocycles. The molecular formula is C14H20N2O4S. The number of hydrogen-bond donors (Lipinski definition) is 2. The van der Waals surface area contributed by atoms with E-state index in [0.717, 1.165) is 32.5 Å². The van der Waals surface area contributed by atoms with E-state index in [1.54, 1.807) is 0 Å². The van der Waals surface area contributed by atoms with Gasteiger partial charge >= 0.3 is 0 Å². The van der Waals surface area contributed by atoms with Gasteiger partial charge in [-0.05, 0) is 49.4 Å². The highest BCUT2D eigenvalue weighted by Gasteiger charge is 2.15. The lowest BCUT2D eigenvalue weighted by Crippen LogP contribution is -2.25. The summed E-state index contributed by atoms with van der Waals surface area (Å²) in [7, 11) is -3.72. The summed E-state index contributed by atoms with van der Waals surface area (Å²) in [5.74, 6) is 0.398. The zero-order valence-corrected chi connectivity index (χ0v) is 12.6. The quantitative estimate of drug-likeness (QED) is 0.762. The fourth-order valence-electron chi connectivity index (χ4n) is 2.30. The second-order valence-corrected chi connectivity index (χ2v) is 6.76. The SMILES string of the molecule is NS(=O)(=O)c1ccc(C(=O)NCCCC2CCOC2)cc1. The summed E-state index contributed by atoms with van der Waals surface area (Å²) in [6.07, 6.45) is 3.06. The molecule has 3 N–H and O–H groups in total. The van der Waals surface area contributed by atoms with E-state index < -0.39 is 10.0 Å². The monoisotopic (exact) mass is 312 g/mol. The van der Waals surface area contributed by atoms with Crippen molar-refractivity contribution in [3.05, 3.63) is 29.8 Å². The van der Waals surface area contributed by atoms with E-state index in [4.69, 9.17) is 9.88 Å². The molecule has 0 radical (unpaired) electrons. The maximum atomic E-state index is 11.9. The Hall–Kier alpha value is -1.44. The number of ether oxygens (including phenoxy) is 1.